The summed E-state index contributed by atoms with van der Waals surface area (Å²) in [6.07, 6.45) is -4.34. The molecule has 1 aromatic rings. The molecular weight excluding hydrogens is 218 g/mol. The predicted octanol–water partition coefficient (Wildman–Crippen LogP) is 1.06. The third kappa shape index (κ3) is 2.56. The zero-order valence-electron chi connectivity index (χ0n) is 6.67. The van der Waals surface area contributed by atoms with E-state index in [0.29, 0.717) is 5.02 Å². The summed E-state index contributed by atoms with van der Waals surface area (Å²) in [5.74, 6) is -2.89. The second-order valence-corrected chi connectivity index (χ2v) is 2.80. The van der Waals surface area contributed by atoms with Gasteiger partial charge >= 0.3 is 6.11 Å². The molecule has 0 heterocycles. The first kappa shape index (κ1) is 10.7. The molecule has 6 heteroatoms. The number of carboxylic acids is 1. The molecular formula is C8H4ClF2O3-. The molecule has 14 heavy (non-hydrogen) atoms. The largest absolute Gasteiger partial charge is 0.541 e. The second kappa shape index (κ2) is 3.79. The van der Waals surface area contributed by atoms with Crippen molar-refractivity contribution in [3.63, 3.8) is 0 Å². The van der Waals surface area contributed by atoms with Crippen LogP contribution in [0.1, 0.15) is 0 Å². The van der Waals surface area contributed by atoms with Gasteiger partial charge in [-0.15, -0.1) is 0 Å². The number of halogens is 3. The first-order valence-corrected chi connectivity index (χ1v) is 3.83. The van der Waals surface area contributed by atoms with Crippen molar-refractivity contribution in [1.82, 2.24) is 0 Å². The third-order valence-corrected chi connectivity index (χ3v) is 1.55. The number of hydrogen-bond donors (Lipinski definition) is 0. The molecule has 0 N–H and O–H groups in total. The zero-order chi connectivity index (χ0) is 10.8. The maximum absolute atomic E-state index is 12.4. The molecule has 0 atom stereocenters. The van der Waals surface area contributed by atoms with Crippen molar-refractivity contribution < 1.29 is 23.4 Å². The van der Waals surface area contributed by atoms with Gasteiger partial charge in [0.05, 0.1) is 0 Å². The molecule has 1 rings (SSSR count). The summed E-state index contributed by atoms with van der Waals surface area (Å²) in [7, 11) is 0. The Morgan fingerprint density at radius 3 is 2.29 bits per heavy atom. The third-order valence-electron chi connectivity index (χ3n) is 1.30. The number of hydrogen-bond acceptors (Lipinski definition) is 3. The molecule has 0 bridgehead atoms. The molecule has 0 aromatic heterocycles. The van der Waals surface area contributed by atoms with Gasteiger partial charge in [0.25, 0.3) is 0 Å². The average molecular weight is 222 g/mol. The van der Waals surface area contributed by atoms with Crippen LogP contribution in [0.3, 0.4) is 0 Å². The van der Waals surface area contributed by atoms with E-state index >= 15 is 0 Å². The lowest BCUT2D eigenvalue weighted by Gasteiger charge is -2.18. The summed E-state index contributed by atoms with van der Waals surface area (Å²) in [6, 6.07) is 4.84. The predicted molar refractivity (Wildman–Crippen MR) is 42.0 cm³/mol. The van der Waals surface area contributed by atoms with E-state index < -0.39 is 12.1 Å². The summed E-state index contributed by atoms with van der Waals surface area (Å²) in [5, 5.41) is 10.2. The molecule has 0 saturated heterocycles. The molecule has 0 aliphatic heterocycles. The van der Waals surface area contributed by atoms with E-state index in [1.54, 1.807) is 0 Å². The highest BCUT2D eigenvalue weighted by Crippen LogP contribution is 2.22. The Balaban J connectivity index is 2.79. The quantitative estimate of drug-likeness (QED) is 0.767. The van der Waals surface area contributed by atoms with Crippen molar-refractivity contribution in [2.75, 3.05) is 0 Å². The van der Waals surface area contributed by atoms with Crippen molar-refractivity contribution in [3.8, 4) is 5.75 Å². The fourth-order valence-corrected chi connectivity index (χ4v) is 0.818. The van der Waals surface area contributed by atoms with Crippen molar-refractivity contribution in [2.24, 2.45) is 0 Å². The fourth-order valence-electron chi connectivity index (χ4n) is 0.692. The number of alkyl halides is 2. The highest BCUT2D eigenvalue weighted by Gasteiger charge is 2.33. The van der Waals surface area contributed by atoms with E-state index in [0.717, 1.165) is 12.1 Å². The number of carbonyl (C=O) groups is 1. The minimum Gasteiger partial charge on any atom is -0.541 e. The van der Waals surface area contributed by atoms with Crippen LogP contribution < -0.4 is 9.84 Å². The van der Waals surface area contributed by atoms with Crippen molar-refractivity contribution in [2.45, 2.75) is 6.11 Å². The van der Waals surface area contributed by atoms with Gasteiger partial charge in [-0.3, -0.25) is 0 Å². The summed E-state index contributed by atoms with van der Waals surface area (Å²) >= 11 is 5.47. The maximum Gasteiger partial charge on any atom is 0.441 e. The van der Waals surface area contributed by atoms with Gasteiger partial charge in [-0.1, -0.05) is 11.6 Å². The molecule has 0 amide bonds. The standard InChI is InChI=1S/C8H5ClF2O3/c9-5-1-3-6(4-2-5)14-8(10,11)7(12)13/h1-4H,(H,12,13)/p-1. The Bertz CT molecular complexity index is 337. The summed E-state index contributed by atoms with van der Waals surface area (Å²) < 4.78 is 28.7. The van der Waals surface area contributed by atoms with Crippen LogP contribution in [0, 0.1) is 0 Å². The van der Waals surface area contributed by atoms with Gasteiger partial charge in [0, 0.05) is 5.02 Å². The van der Waals surface area contributed by atoms with Gasteiger partial charge in [-0.05, 0) is 24.3 Å². The van der Waals surface area contributed by atoms with Crippen LogP contribution >= 0.6 is 11.6 Å². The minimum atomic E-state index is -4.34. The molecule has 76 valence electrons. The lowest BCUT2D eigenvalue weighted by atomic mass is 10.3. The Kier molecular flexibility index (Phi) is 2.90. The van der Waals surface area contributed by atoms with Crippen LogP contribution in [0.25, 0.3) is 0 Å². The van der Waals surface area contributed by atoms with E-state index in [-0.39, 0.29) is 5.75 Å². The van der Waals surface area contributed by atoms with E-state index in [1.807, 2.05) is 0 Å². The first-order chi connectivity index (χ1) is 6.42. The molecule has 0 fully saturated rings. The smallest absolute Gasteiger partial charge is 0.441 e. The van der Waals surface area contributed by atoms with Crippen LogP contribution in [-0.2, 0) is 4.79 Å². The van der Waals surface area contributed by atoms with Crippen LogP contribution in [0.5, 0.6) is 5.75 Å². The Hall–Kier alpha value is -1.36. The lowest BCUT2D eigenvalue weighted by molar-refractivity contribution is -0.350. The van der Waals surface area contributed by atoms with Gasteiger partial charge < -0.3 is 14.6 Å². The highest BCUT2D eigenvalue weighted by atomic mass is 35.5. The number of rotatable bonds is 3. The van der Waals surface area contributed by atoms with Crippen molar-refractivity contribution >= 4 is 17.6 Å². The number of ether oxygens (including phenoxy) is 1. The van der Waals surface area contributed by atoms with Crippen LogP contribution in [0.15, 0.2) is 24.3 Å². The van der Waals surface area contributed by atoms with Gasteiger partial charge in [-0.2, -0.15) is 8.78 Å². The molecule has 0 radical (unpaired) electrons. The van der Waals surface area contributed by atoms with Crippen LogP contribution in [0.2, 0.25) is 5.02 Å². The fraction of sp³-hybridized carbons (Fsp3) is 0.125. The molecule has 0 spiro atoms. The number of benzene rings is 1. The Labute approximate surface area is 82.9 Å². The van der Waals surface area contributed by atoms with Crippen LogP contribution in [0.4, 0.5) is 8.78 Å². The number of carboxylic acid groups (broad SMARTS) is 1. The Morgan fingerprint density at radius 1 is 1.36 bits per heavy atom. The summed E-state index contributed by atoms with van der Waals surface area (Å²) in [4.78, 5) is 9.88. The van der Waals surface area contributed by atoms with E-state index in [9.17, 15) is 18.7 Å². The highest BCUT2D eigenvalue weighted by molar-refractivity contribution is 6.30. The molecule has 0 saturated carbocycles. The van der Waals surface area contributed by atoms with E-state index in [1.165, 1.54) is 12.1 Å². The Morgan fingerprint density at radius 2 is 1.86 bits per heavy atom. The lowest BCUT2D eigenvalue weighted by Crippen LogP contribution is -2.45. The molecule has 3 nitrogen and oxygen atoms in total. The van der Waals surface area contributed by atoms with Gasteiger partial charge in [0.1, 0.15) is 5.75 Å². The molecule has 0 aliphatic rings. The normalized spacial score (nSPS) is 11.1. The monoisotopic (exact) mass is 221 g/mol. The maximum atomic E-state index is 12.4. The van der Waals surface area contributed by atoms with Gasteiger partial charge in [0.2, 0.25) is 0 Å². The minimum absolute atomic E-state index is 0.302. The average Bonchev–Trinajstić information content (AvgIpc) is 2.08. The van der Waals surface area contributed by atoms with Gasteiger partial charge in [-0.25, -0.2) is 0 Å². The van der Waals surface area contributed by atoms with E-state index in [4.69, 9.17) is 11.6 Å². The number of carbonyl (C=O) groups excluding carboxylic acids is 1. The zero-order valence-corrected chi connectivity index (χ0v) is 7.42. The number of aliphatic carboxylic acids is 1. The van der Waals surface area contributed by atoms with Crippen molar-refractivity contribution in [3.05, 3.63) is 29.3 Å². The van der Waals surface area contributed by atoms with E-state index in [2.05, 4.69) is 4.74 Å². The topological polar surface area (TPSA) is 49.4 Å². The van der Waals surface area contributed by atoms with Crippen LogP contribution in [-0.4, -0.2) is 12.1 Å². The molecule has 0 unspecified atom stereocenters. The molecule has 0 aliphatic carbocycles. The SMILES string of the molecule is O=C([O-])C(F)(F)Oc1ccc(Cl)cc1. The summed E-state index contributed by atoms with van der Waals surface area (Å²) in [5.41, 5.74) is 0. The molecule has 1 aromatic carbocycles. The van der Waals surface area contributed by atoms with Crippen molar-refractivity contribution in [1.29, 1.82) is 0 Å². The summed E-state index contributed by atoms with van der Waals surface area (Å²) in [6.45, 7) is 0. The van der Waals surface area contributed by atoms with Gasteiger partial charge in [0.15, 0.2) is 5.97 Å². The first-order valence-electron chi connectivity index (χ1n) is 3.45. The second-order valence-electron chi connectivity index (χ2n) is 2.36.